The summed E-state index contributed by atoms with van der Waals surface area (Å²) < 4.78 is 19.8. The van der Waals surface area contributed by atoms with Crippen LogP contribution in [0.15, 0.2) is 54.9 Å². The third-order valence-corrected chi connectivity index (χ3v) is 5.48. The molecule has 1 aliphatic heterocycles. The van der Waals surface area contributed by atoms with Crippen LogP contribution in [-0.4, -0.2) is 47.7 Å². The molecule has 33 heavy (non-hydrogen) atoms. The lowest BCUT2D eigenvalue weighted by molar-refractivity contribution is -0.383. The molecule has 0 radical (unpaired) electrons. The Morgan fingerprint density at radius 2 is 1.76 bits per heavy atom. The summed E-state index contributed by atoms with van der Waals surface area (Å²) >= 11 is 0. The molecule has 0 amide bonds. The van der Waals surface area contributed by atoms with Gasteiger partial charge in [0.1, 0.15) is 17.9 Å². The topological polar surface area (TPSA) is 96.7 Å². The zero-order valence-electron chi connectivity index (χ0n) is 18.3. The summed E-state index contributed by atoms with van der Waals surface area (Å²) in [5.74, 6) is 0.836. The van der Waals surface area contributed by atoms with Gasteiger partial charge in [-0.3, -0.25) is 10.1 Å². The first-order valence-corrected chi connectivity index (χ1v) is 10.8. The molecule has 0 unspecified atom stereocenters. The van der Waals surface area contributed by atoms with Gasteiger partial charge in [-0.15, -0.1) is 0 Å². The van der Waals surface area contributed by atoms with E-state index in [2.05, 4.69) is 15.3 Å². The maximum Gasteiger partial charge on any atom is 0.353 e. The molecule has 4 rings (SSSR count). The van der Waals surface area contributed by atoms with Crippen molar-refractivity contribution < 1.29 is 14.1 Å². The molecule has 1 aromatic heterocycles. The molecule has 0 atom stereocenters. The maximum absolute atomic E-state index is 14.1. The fourth-order valence-electron chi connectivity index (χ4n) is 3.89. The van der Waals surface area contributed by atoms with Gasteiger partial charge in [-0.25, -0.2) is 14.4 Å². The van der Waals surface area contributed by atoms with Crippen molar-refractivity contribution in [3.8, 4) is 5.75 Å². The molecule has 2 heterocycles. The fourth-order valence-corrected chi connectivity index (χ4v) is 3.89. The Labute approximate surface area is 191 Å². The number of piperazine rings is 1. The quantitative estimate of drug-likeness (QED) is 0.407. The molecular weight excluding hydrogens is 427 g/mol. The van der Waals surface area contributed by atoms with Crippen LogP contribution in [0.3, 0.4) is 0 Å². The number of para-hydroxylation sites is 2. The normalized spacial score (nSPS) is 13.6. The van der Waals surface area contributed by atoms with Crippen molar-refractivity contribution in [2.45, 2.75) is 13.5 Å². The Bertz CT molecular complexity index is 1120. The summed E-state index contributed by atoms with van der Waals surface area (Å²) in [6.45, 7) is 4.72. The van der Waals surface area contributed by atoms with Crippen molar-refractivity contribution in [3.63, 3.8) is 0 Å². The van der Waals surface area contributed by atoms with Gasteiger partial charge in [-0.2, -0.15) is 0 Å². The Hall–Kier alpha value is -3.95. The first-order chi connectivity index (χ1) is 16.1. The number of ether oxygens (including phenoxy) is 1. The molecule has 1 saturated heterocycles. The second-order valence-corrected chi connectivity index (χ2v) is 7.47. The SMILES string of the molecule is CCOc1ccccc1CNc1ncnc(N2CCN(c3ccccc3F)CC2)c1[N+](=O)[O-]. The second kappa shape index (κ2) is 10.1. The van der Waals surface area contributed by atoms with Crippen LogP contribution >= 0.6 is 0 Å². The number of benzene rings is 2. The lowest BCUT2D eigenvalue weighted by Gasteiger charge is -2.36. The van der Waals surface area contributed by atoms with Crippen molar-refractivity contribution in [1.29, 1.82) is 0 Å². The first-order valence-electron chi connectivity index (χ1n) is 10.8. The van der Waals surface area contributed by atoms with E-state index < -0.39 is 4.92 Å². The molecule has 0 spiro atoms. The monoisotopic (exact) mass is 452 g/mol. The van der Waals surface area contributed by atoms with E-state index in [0.717, 1.165) is 5.56 Å². The number of nitrogens with zero attached hydrogens (tertiary/aromatic N) is 5. The van der Waals surface area contributed by atoms with Crippen LogP contribution in [0.5, 0.6) is 5.75 Å². The van der Waals surface area contributed by atoms with Crippen LogP contribution in [0.25, 0.3) is 0 Å². The van der Waals surface area contributed by atoms with E-state index in [-0.39, 0.29) is 23.1 Å². The van der Waals surface area contributed by atoms with Gasteiger partial charge in [0.2, 0.25) is 11.6 Å². The molecule has 1 fully saturated rings. The minimum Gasteiger partial charge on any atom is -0.494 e. The average Bonchev–Trinajstić information content (AvgIpc) is 2.84. The van der Waals surface area contributed by atoms with Crippen molar-refractivity contribution in [2.24, 2.45) is 0 Å². The lowest BCUT2D eigenvalue weighted by Crippen LogP contribution is -2.47. The zero-order chi connectivity index (χ0) is 23.2. The molecule has 10 heteroatoms. The molecule has 1 N–H and O–H groups in total. The summed E-state index contributed by atoms with van der Waals surface area (Å²) in [6.07, 6.45) is 1.32. The molecule has 172 valence electrons. The minimum atomic E-state index is -0.463. The predicted molar refractivity (Wildman–Crippen MR) is 124 cm³/mol. The number of hydrogen-bond donors (Lipinski definition) is 1. The third-order valence-electron chi connectivity index (χ3n) is 5.48. The van der Waals surface area contributed by atoms with Crippen molar-refractivity contribution in [3.05, 3.63) is 76.4 Å². The number of hydrogen-bond acceptors (Lipinski definition) is 8. The maximum atomic E-state index is 14.1. The minimum absolute atomic E-state index is 0.146. The Morgan fingerprint density at radius 1 is 1.06 bits per heavy atom. The lowest BCUT2D eigenvalue weighted by atomic mass is 10.2. The highest BCUT2D eigenvalue weighted by atomic mass is 19.1. The van der Waals surface area contributed by atoms with Crippen LogP contribution in [-0.2, 0) is 6.54 Å². The number of aromatic nitrogens is 2. The van der Waals surface area contributed by atoms with Crippen LogP contribution in [0.1, 0.15) is 12.5 Å². The predicted octanol–water partition coefficient (Wildman–Crippen LogP) is 3.86. The molecule has 1 aliphatic rings. The summed E-state index contributed by atoms with van der Waals surface area (Å²) in [5.41, 5.74) is 1.22. The van der Waals surface area contributed by atoms with Crippen LogP contribution in [0.2, 0.25) is 0 Å². The van der Waals surface area contributed by atoms with E-state index in [1.807, 2.05) is 41.0 Å². The molecule has 0 saturated carbocycles. The summed E-state index contributed by atoms with van der Waals surface area (Å²) in [7, 11) is 0. The smallest absolute Gasteiger partial charge is 0.353 e. The molecule has 3 aromatic rings. The zero-order valence-corrected chi connectivity index (χ0v) is 18.3. The van der Waals surface area contributed by atoms with E-state index in [9.17, 15) is 14.5 Å². The van der Waals surface area contributed by atoms with Crippen molar-refractivity contribution >= 4 is 23.0 Å². The van der Waals surface area contributed by atoms with Gasteiger partial charge in [0.15, 0.2) is 0 Å². The van der Waals surface area contributed by atoms with Gasteiger partial charge >= 0.3 is 5.69 Å². The van der Waals surface area contributed by atoms with E-state index >= 15 is 0 Å². The Balaban J connectivity index is 1.52. The number of nitro groups is 1. The van der Waals surface area contributed by atoms with E-state index in [4.69, 9.17) is 4.74 Å². The Morgan fingerprint density at radius 3 is 2.48 bits per heavy atom. The number of anilines is 3. The summed E-state index contributed by atoms with van der Waals surface area (Å²) in [5, 5.41) is 15.0. The average molecular weight is 452 g/mol. The number of rotatable bonds is 8. The van der Waals surface area contributed by atoms with E-state index in [1.165, 1.54) is 12.4 Å². The van der Waals surface area contributed by atoms with Gasteiger partial charge in [0.05, 0.1) is 17.2 Å². The largest absolute Gasteiger partial charge is 0.494 e. The summed E-state index contributed by atoms with van der Waals surface area (Å²) in [4.78, 5) is 23.6. The molecule has 9 nitrogen and oxygen atoms in total. The molecular formula is C23H25FN6O3. The molecule has 2 aromatic carbocycles. The van der Waals surface area contributed by atoms with Gasteiger partial charge in [-0.05, 0) is 25.1 Å². The summed E-state index contributed by atoms with van der Waals surface area (Å²) in [6, 6.07) is 14.1. The van der Waals surface area contributed by atoms with Crippen molar-refractivity contribution in [2.75, 3.05) is 47.9 Å². The standard InChI is InChI=1S/C23H25FN6O3/c1-2-33-20-10-6-3-7-17(20)15-25-22-21(30(31)32)23(27-16-26-22)29-13-11-28(12-14-29)19-9-5-4-8-18(19)24/h3-10,16H,2,11-15H2,1H3,(H,25,26,27). The Kier molecular flexibility index (Phi) is 6.82. The third kappa shape index (κ3) is 4.94. The van der Waals surface area contributed by atoms with Gasteiger partial charge in [0.25, 0.3) is 0 Å². The van der Waals surface area contributed by atoms with Crippen LogP contribution in [0.4, 0.5) is 27.4 Å². The van der Waals surface area contributed by atoms with Crippen LogP contribution < -0.4 is 19.9 Å². The molecule has 0 aliphatic carbocycles. The van der Waals surface area contributed by atoms with Gasteiger partial charge in [0, 0.05) is 38.3 Å². The second-order valence-electron chi connectivity index (χ2n) is 7.47. The van der Waals surface area contributed by atoms with Crippen molar-refractivity contribution in [1.82, 2.24) is 9.97 Å². The fraction of sp³-hybridized carbons (Fsp3) is 0.304. The highest BCUT2D eigenvalue weighted by Gasteiger charge is 2.29. The van der Waals surface area contributed by atoms with E-state index in [1.54, 1.807) is 18.2 Å². The number of nitrogens with one attached hydrogen (secondary N) is 1. The highest BCUT2D eigenvalue weighted by Crippen LogP contribution is 2.33. The first kappa shape index (κ1) is 22.3. The van der Waals surface area contributed by atoms with E-state index in [0.29, 0.717) is 50.8 Å². The molecule has 0 bridgehead atoms. The number of halogens is 1. The van der Waals surface area contributed by atoms with Gasteiger partial charge in [-0.1, -0.05) is 30.3 Å². The van der Waals surface area contributed by atoms with Crippen LogP contribution in [0, 0.1) is 15.9 Å². The van der Waals surface area contributed by atoms with Gasteiger partial charge < -0.3 is 19.9 Å². The highest BCUT2D eigenvalue weighted by molar-refractivity contribution is 5.71.